The van der Waals surface area contributed by atoms with Gasteiger partial charge < -0.3 is 49.3 Å². The Morgan fingerprint density at radius 2 is 1.12 bits per heavy atom. The number of aliphatic hydroxyl groups excluding tert-OH is 4. The van der Waals surface area contributed by atoms with Crippen molar-refractivity contribution in [2.24, 2.45) is 0 Å². The van der Waals surface area contributed by atoms with Gasteiger partial charge in [0.25, 0.3) is 0 Å². The monoisotopic (exact) mass is 738 g/mol. The van der Waals surface area contributed by atoms with Crippen molar-refractivity contribution in [3.05, 3.63) is 0 Å². The lowest BCUT2D eigenvalue weighted by Gasteiger charge is -2.43. The molecule has 0 amide bonds. The number of carbonyl (C=O) groups is 2. The lowest BCUT2D eigenvalue weighted by Crippen LogP contribution is -2.64. The Morgan fingerprint density at radius 1 is 0.625 bits per heavy atom. The molecular weight excluding hydrogens is 682 g/mol. The van der Waals surface area contributed by atoms with Gasteiger partial charge in [0.1, 0.15) is 43.2 Å². The quantitative estimate of drug-likeness (QED) is 0.0381. The summed E-state index contributed by atoms with van der Waals surface area (Å²) in [6.45, 7) is 2.79. The lowest BCUT2D eigenvalue weighted by molar-refractivity contribution is -0.216. The molecule has 0 aliphatic heterocycles. The van der Waals surface area contributed by atoms with Crippen LogP contribution in [0.15, 0.2) is 0 Å². The minimum absolute atomic E-state index is 0.0450. The Balaban J connectivity index is 2.77. The molecule has 7 N–H and O–H groups in total. The van der Waals surface area contributed by atoms with Crippen LogP contribution in [0.25, 0.3) is 0 Å². The molecule has 0 saturated heterocycles. The number of phosphoric acid groups is 2. The van der Waals surface area contributed by atoms with Crippen molar-refractivity contribution in [1.82, 2.24) is 0 Å². The van der Waals surface area contributed by atoms with Crippen LogP contribution < -0.4 is 0 Å². The van der Waals surface area contributed by atoms with Gasteiger partial charge in [0.15, 0.2) is 6.10 Å². The van der Waals surface area contributed by atoms with Crippen molar-refractivity contribution in [1.29, 1.82) is 0 Å². The summed E-state index contributed by atoms with van der Waals surface area (Å²) in [5.41, 5.74) is 0. The second kappa shape index (κ2) is 24.1. The fraction of sp³-hybridized carbons (Fsp3) is 0.931. The SMILES string of the molecule is CCCCCCCCCOC(=O)O[C@H](COC(=O)CCCCCCCCC)COP(=O)(O)O[C@@H]1[C@H](O)[C@H](OP(=O)(O)O)[C@@H](O)[C@H](O)[C@H]1O. The summed E-state index contributed by atoms with van der Waals surface area (Å²) in [5.74, 6) is -0.603. The number of ether oxygens (including phenoxy) is 3. The van der Waals surface area contributed by atoms with Crippen LogP contribution >= 0.6 is 15.6 Å². The van der Waals surface area contributed by atoms with E-state index < -0.39 is 83.7 Å². The van der Waals surface area contributed by atoms with Crippen LogP contribution in [0, 0.1) is 0 Å². The number of esters is 1. The third-order valence-electron chi connectivity index (χ3n) is 7.63. The highest BCUT2D eigenvalue weighted by molar-refractivity contribution is 7.47. The van der Waals surface area contributed by atoms with E-state index in [1.807, 2.05) is 0 Å². The van der Waals surface area contributed by atoms with E-state index in [-0.39, 0.29) is 13.0 Å². The minimum atomic E-state index is -5.36. The highest BCUT2D eigenvalue weighted by atomic mass is 31.2. The van der Waals surface area contributed by atoms with Crippen molar-refractivity contribution in [3.63, 3.8) is 0 Å². The van der Waals surface area contributed by atoms with Gasteiger partial charge in [-0.15, -0.1) is 0 Å². The first-order chi connectivity index (χ1) is 22.6. The van der Waals surface area contributed by atoms with E-state index in [0.717, 1.165) is 77.0 Å². The molecule has 0 aromatic heterocycles. The summed E-state index contributed by atoms with van der Waals surface area (Å²) in [6.07, 6.45) is -2.37. The normalized spacial score (nSPS) is 24.9. The van der Waals surface area contributed by atoms with Crippen molar-refractivity contribution in [3.8, 4) is 0 Å². The predicted molar refractivity (Wildman–Crippen MR) is 169 cm³/mol. The standard InChI is InChI=1S/C29H56O17P2/c1-3-5-7-9-11-13-15-17-22(30)42-19-21(44-29(35)41-18-16-14-12-10-8-6-4-2)20-43-48(39,40)46-28-25(33)23(31)24(32)27(26(28)34)45-47(36,37)38/h21,23-28,31-34H,3-20H2,1-2H3,(H,39,40)(H2,36,37,38)/t21-,23+,24+,25-,26-,27-,28+/m1/s1. The van der Waals surface area contributed by atoms with Crippen molar-refractivity contribution >= 4 is 27.8 Å². The molecule has 17 nitrogen and oxygen atoms in total. The third-order valence-corrected chi connectivity index (χ3v) is 9.13. The van der Waals surface area contributed by atoms with Crippen LogP contribution in [0.3, 0.4) is 0 Å². The highest BCUT2D eigenvalue weighted by Crippen LogP contribution is 2.49. The van der Waals surface area contributed by atoms with Gasteiger partial charge in [0.2, 0.25) is 0 Å². The first-order valence-corrected chi connectivity index (χ1v) is 19.7. The first kappa shape index (κ1) is 44.8. The van der Waals surface area contributed by atoms with E-state index in [4.69, 9.17) is 33.0 Å². The number of hydrogen-bond donors (Lipinski definition) is 7. The number of hydrogen-bond acceptors (Lipinski definition) is 14. The fourth-order valence-electron chi connectivity index (χ4n) is 4.94. The van der Waals surface area contributed by atoms with E-state index in [1.54, 1.807) is 0 Å². The Bertz CT molecular complexity index is 995. The molecule has 0 radical (unpaired) electrons. The van der Waals surface area contributed by atoms with Crippen LogP contribution in [0.4, 0.5) is 4.79 Å². The Labute approximate surface area is 282 Å². The zero-order valence-corrected chi connectivity index (χ0v) is 29.7. The maximum absolute atomic E-state index is 12.8. The van der Waals surface area contributed by atoms with Crippen LogP contribution in [-0.4, -0.2) is 110 Å². The molecular formula is C29H56O17P2. The van der Waals surface area contributed by atoms with E-state index in [1.165, 1.54) is 0 Å². The second-order valence-corrected chi connectivity index (χ2v) is 14.5. The van der Waals surface area contributed by atoms with E-state index >= 15 is 0 Å². The van der Waals surface area contributed by atoms with Crippen molar-refractivity contribution < 1.29 is 81.6 Å². The summed E-state index contributed by atoms with van der Waals surface area (Å²) >= 11 is 0. The zero-order valence-electron chi connectivity index (χ0n) is 27.9. The molecule has 1 rings (SSSR count). The van der Waals surface area contributed by atoms with Crippen LogP contribution in [-0.2, 0) is 41.7 Å². The van der Waals surface area contributed by atoms with Crippen molar-refractivity contribution in [2.75, 3.05) is 19.8 Å². The van der Waals surface area contributed by atoms with Crippen molar-refractivity contribution in [2.45, 2.75) is 153 Å². The van der Waals surface area contributed by atoms with Gasteiger partial charge in [-0.05, 0) is 12.8 Å². The minimum Gasteiger partial charge on any atom is -0.462 e. The summed E-state index contributed by atoms with van der Waals surface area (Å²) in [6, 6.07) is 0. The number of rotatable bonds is 26. The molecule has 0 aromatic carbocycles. The summed E-state index contributed by atoms with van der Waals surface area (Å²) in [4.78, 5) is 53.1. The van der Waals surface area contributed by atoms with E-state index in [0.29, 0.717) is 12.8 Å². The topological polar surface area (TPSA) is 265 Å². The molecule has 0 bridgehead atoms. The Hall–Kier alpha value is -1.20. The highest BCUT2D eigenvalue weighted by Gasteiger charge is 2.54. The predicted octanol–water partition coefficient (Wildman–Crippen LogP) is 3.38. The molecule has 0 aromatic rings. The second-order valence-electron chi connectivity index (χ2n) is 11.9. The number of unbranched alkanes of at least 4 members (excludes halogenated alkanes) is 12. The van der Waals surface area contributed by atoms with Crippen LogP contribution in [0.5, 0.6) is 0 Å². The van der Waals surface area contributed by atoms with Gasteiger partial charge in [0.05, 0.1) is 13.2 Å². The molecule has 19 heteroatoms. The first-order valence-electron chi connectivity index (χ1n) is 16.7. The summed E-state index contributed by atoms with van der Waals surface area (Å²) in [7, 11) is -10.7. The van der Waals surface area contributed by atoms with Gasteiger partial charge in [-0.25, -0.2) is 13.9 Å². The molecule has 0 heterocycles. The molecule has 1 aliphatic rings. The maximum atomic E-state index is 12.8. The molecule has 1 saturated carbocycles. The van der Waals surface area contributed by atoms with Gasteiger partial charge in [-0.3, -0.25) is 18.4 Å². The molecule has 1 unspecified atom stereocenters. The largest absolute Gasteiger partial charge is 0.508 e. The Morgan fingerprint density at radius 3 is 1.67 bits per heavy atom. The average Bonchev–Trinajstić information content (AvgIpc) is 3.02. The van der Waals surface area contributed by atoms with Crippen LogP contribution in [0.1, 0.15) is 110 Å². The molecule has 1 aliphatic carbocycles. The summed E-state index contributed by atoms with van der Waals surface area (Å²) in [5, 5.41) is 40.7. The van der Waals surface area contributed by atoms with Crippen LogP contribution in [0.2, 0.25) is 0 Å². The molecule has 284 valence electrons. The molecule has 0 spiro atoms. The molecule has 8 atom stereocenters. The van der Waals surface area contributed by atoms with E-state index in [2.05, 4.69) is 18.4 Å². The van der Waals surface area contributed by atoms with Gasteiger partial charge in [-0.1, -0.05) is 90.9 Å². The zero-order chi connectivity index (χ0) is 36.2. The molecule has 1 fully saturated rings. The van der Waals surface area contributed by atoms with Gasteiger partial charge >= 0.3 is 27.8 Å². The number of aliphatic hydroxyl groups is 4. The average molecular weight is 739 g/mol. The fourth-order valence-corrected chi connectivity index (χ4v) is 6.48. The lowest BCUT2D eigenvalue weighted by atomic mass is 9.85. The Kier molecular flexibility index (Phi) is 22.5. The third kappa shape index (κ3) is 19.3. The summed E-state index contributed by atoms with van der Waals surface area (Å²) < 4.78 is 53.3. The smallest absolute Gasteiger partial charge is 0.462 e. The molecule has 48 heavy (non-hydrogen) atoms. The maximum Gasteiger partial charge on any atom is 0.508 e. The van der Waals surface area contributed by atoms with Gasteiger partial charge in [-0.2, -0.15) is 0 Å². The van der Waals surface area contributed by atoms with E-state index in [9.17, 15) is 44.0 Å². The number of carbonyl (C=O) groups excluding carboxylic acids is 2. The van der Waals surface area contributed by atoms with Gasteiger partial charge in [0, 0.05) is 6.42 Å². The number of phosphoric ester groups is 2.